The van der Waals surface area contributed by atoms with Crippen molar-refractivity contribution in [2.45, 2.75) is 32.6 Å². The van der Waals surface area contributed by atoms with Crippen LogP contribution in [0, 0.1) is 5.82 Å². The van der Waals surface area contributed by atoms with Crippen LogP contribution in [0.25, 0.3) is 22.1 Å². The maximum Gasteiger partial charge on any atom is 0.310 e. The number of nitrogens with two attached hydrogens (primary N) is 1. The van der Waals surface area contributed by atoms with Crippen LogP contribution in [0.5, 0.6) is 5.75 Å². The number of furan rings is 1. The van der Waals surface area contributed by atoms with Crippen molar-refractivity contribution in [2.75, 3.05) is 13.7 Å². The van der Waals surface area contributed by atoms with Crippen LogP contribution in [0.1, 0.15) is 23.6 Å². The molecule has 0 radical (unpaired) electrons. The Hall–Kier alpha value is -3.68. The van der Waals surface area contributed by atoms with Gasteiger partial charge in [0.15, 0.2) is 0 Å². The number of fused-ring (bicyclic) bond motifs is 1. The fourth-order valence-corrected chi connectivity index (χ4v) is 4.02. The second-order valence-corrected chi connectivity index (χ2v) is 8.29. The van der Waals surface area contributed by atoms with Gasteiger partial charge in [0, 0.05) is 35.7 Å². The molecule has 0 fully saturated rings. The zero-order valence-electron chi connectivity index (χ0n) is 19.8. The molecule has 7 heteroatoms. The average molecular weight is 478 g/mol. The molecule has 0 aliphatic rings. The van der Waals surface area contributed by atoms with Gasteiger partial charge in [-0.25, -0.2) is 4.39 Å². The second kappa shape index (κ2) is 11.2. The number of ether oxygens (including phenoxy) is 3. The maximum absolute atomic E-state index is 15.1. The van der Waals surface area contributed by atoms with Crippen LogP contribution in [-0.4, -0.2) is 25.8 Å². The van der Waals surface area contributed by atoms with Crippen LogP contribution in [0.15, 0.2) is 71.3 Å². The molecule has 1 aromatic heterocycles. The summed E-state index contributed by atoms with van der Waals surface area (Å²) < 4.78 is 37.2. The fourth-order valence-electron chi connectivity index (χ4n) is 4.02. The Labute approximate surface area is 203 Å². The standard InChI is InChI=1S/C28H28FNO5/c1-18(16-32-2)35-27(31)14-20-6-3-4-9-25(20)34-17-19-12-24(22-10-11-33-26(22)13-19)23-8-5-7-21(15-30)28(23)29/h3-13,18H,14-17,30H2,1-2H3. The van der Waals surface area contributed by atoms with Crippen molar-refractivity contribution < 1.29 is 27.8 Å². The molecule has 3 aromatic carbocycles. The third-order valence-corrected chi connectivity index (χ3v) is 5.66. The monoisotopic (exact) mass is 477 g/mol. The third kappa shape index (κ3) is 5.70. The quantitative estimate of drug-likeness (QED) is 0.308. The minimum absolute atomic E-state index is 0.0732. The van der Waals surface area contributed by atoms with E-state index in [1.54, 1.807) is 44.6 Å². The van der Waals surface area contributed by atoms with E-state index in [4.69, 9.17) is 24.4 Å². The summed E-state index contributed by atoms with van der Waals surface area (Å²) in [5.41, 5.74) is 9.44. The summed E-state index contributed by atoms with van der Waals surface area (Å²) in [6.07, 6.45) is 1.32. The summed E-state index contributed by atoms with van der Waals surface area (Å²) in [4.78, 5) is 12.3. The fraction of sp³-hybridized carbons (Fsp3) is 0.250. The van der Waals surface area contributed by atoms with Gasteiger partial charge in [-0.1, -0.05) is 36.4 Å². The van der Waals surface area contributed by atoms with Gasteiger partial charge in [0.2, 0.25) is 0 Å². The predicted molar refractivity (Wildman–Crippen MR) is 131 cm³/mol. The van der Waals surface area contributed by atoms with Gasteiger partial charge in [0.25, 0.3) is 0 Å². The van der Waals surface area contributed by atoms with E-state index < -0.39 is 0 Å². The Kier molecular flexibility index (Phi) is 7.80. The molecule has 1 atom stereocenters. The molecule has 0 saturated heterocycles. The highest BCUT2D eigenvalue weighted by Crippen LogP contribution is 2.34. The number of esters is 1. The lowest BCUT2D eigenvalue weighted by Crippen LogP contribution is -2.21. The van der Waals surface area contributed by atoms with E-state index >= 15 is 4.39 Å². The smallest absolute Gasteiger partial charge is 0.310 e. The number of benzene rings is 3. The molecular weight excluding hydrogens is 449 g/mol. The highest BCUT2D eigenvalue weighted by molar-refractivity contribution is 5.94. The van der Waals surface area contributed by atoms with Gasteiger partial charge in [-0.15, -0.1) is 0 Å². The number of rotatable bonds is 10. The van der Waals surface area contributed by atoms with E-state index in [9.17, 15) is 4.79 Å². The Morgan fingerprint density at radius 2 is 1.86 bits per heavy atom. The van der Waals surface area contributed by atoms with Crippen LogP contribution in [-0.2, 0) is 33.8 Å². The zero-order valence-corrected chi connectivity index (χ0v) is 19.8. The first-order chi connectivity index (χ1) is 17.0. The van der Waals surface area contributed by atoms with Gasteiger partial charge in [-0.2, -0.15) is 0 Å². The molecular formula is C28H28FNO5. The largest absolute Gasteiger partial charge is 0.489 e. The Morgan fingerprint density at radius 1 is 1.06 bits per heavy atom. The van der Waals surface area contributed by atoms with E-state index in [1.807, 2.05) is 36.4 Å². The van der Waals surface area contributed by atoms with Crippen LogP contribution < -0.4 is 10.5 Å². The summed E-state index contributed by atoms with van der Waals surface area (Å²) in [6, 6.07) is 18.1. The number of hydrogen-bond donors (Lipinski definition) is 1. The summed E-state index contributed by atoms with van der Waals surface area (Å²) >= 11 is 0. The van der Waals surface area contributed by atoms with Crippen LogP contribution in [0.4, 0.5) is 4.39 Å². The lowest BCUT2D eigenvalue weighted by atomic mass is 9.97. The number of hydrogen-bond acceptors (Lipinski definition) is 6. The van der Waals surface area contributed by atoms with Gasteiger partial charge in [0.05, 0.1) is 19.3 Å². The number of para-hydroxylation sites is 1. The molecule has 1 heterocycles. The minimum atomic E-state index is -0.361. The summed E-state index contributed by atoms with van der Waals surface area (Å²) in [7, 11) is 1.56. The van der Waals surface area contributed by atoms with Crippen molar-refractivity contribution in [3.63, 3.8) is 0 Å². The van der Waals surface area contributed by atoms with Crippen LogP contribution >= 0.6 is 0 Å². The highest BCUT2D eigenvalue weighted by atomic mass is 19.1. The third-order valence-electron chi connectivity index (χ3n) is 5.66. The number of carbonyl (C=O) groups excluding carboxylic acids is 1. The minimum Gasteiger partial charge on any atom is -0.489 e. The van der Waals surface area contributed by atoms with Crippen molar-refractivity contribution in [3.8, 4) is 16.9 Å². The summed E-state index contributed by atoms with van der Waals surface area (Å²) in [6.45, 7) is 2.42. The van der Waals surface area contributed by atoms with Crippen molar-refractivity contribution >= 4 is 16.9 Å². The van der Waals surface area contributed by atoms with Gasteiger partial charge in [0.1, 0.15) is 29.9 Å². The van der Waals surface area contributed by atoms with Gasteiger partial charge in [-0.05, 0) is 42.3 Å². The van der Waals surface area contributed by atoms with Gasteiger partial charge < -0.3 is 24.4 Å². The molecule has 0 aliphatic carbocycles. The highest BCUT2D eigenvalue weighted by Gasteiger charge is 2.16. The van der Waals surface area contributed by atoms with Gasteiger partial charge in [-0.3, -0.25) is 4.79 Å². The molecule has 4 aromatic rings. The Balaban J connectivity index is 1.57. The Bertz CT molecular complexity index is 1320. The molecule has 182 valence electrons. The summed E-state index contributed by atoms with van der Waals surface area (Å²) in [5.74, 6) is -0.136. The summed E-state index contributed by atoms with van der Waals surface area (Å²) in [5, 5.41) is 0.801. The first kappa shape index (κ1) is 24.4. The number of carbonyl (C=O) groups is 1. The van der Waals surface area contributed by atoms with E-state index in [1.165, 1.54) is 0 Å². The zero-order chi connectivity index (χ0) is 24.8. The van der Waals surface area contributed by atoms with Crippen molar-refractivity contribution in [1.29, 1.82) is 0 Å². The normalized spacial score (nSPS) is 12.0. The molecule has 2 N–H and O–H groups in total. The van der Waals surface area contributed by atoms with Crippen LogP contribution in [0.3, 0.4) is 0 Å². The van der Waals surface area contributed by atoms with E-state index in [0.717, 1.165) is 10.9 Å². The number of methoxy groups -OCH3 is 1. The molecule has 0 spiro atoms. The Morgan fingerprint density at radius 3 is 2.66 bits per heavy atom. The van der Waals surface area contributed by atoms with Crippen molar-refractivity contribution in [3.05, 3.63) is 89.4 Å². The second-order valence-electron chi connectivity index (χ2n) is 8.29. The SMILES string of the molecule is COCC(C)OC(=O)Cc1ccccc1OCc1cc(-c2cccc(CN)c2F)c2ccoc2c1. The van der Waals surface area contributed by atoms with E-state index in [2.05, 4.69) is 0 Å². The first-order valence-corrected chi connectivity index (χ1v) is 11.4. The van der Waals surface area contributed by atoms with Crippen LogP contribution in [0.2, 0.25) is 0 Å². The number of halogens is 1. The molecule has 0 amide bonds. The van der Waals surface area contributed by atoms with E-state index in [-0.39, 0.29) is 37.5 Å². The molecule has 0 bridgehead atoms. The molecule has 35 heavy (non-hydrogen) atoms. The lowest BCUT2D eigenvalue weighted by Gasteiger charge is -2.15. The molecule has 4 rings (SSSR count). The average Bonchev–Trinajstić information content (AvgIpc) is 3.32. The lowest BCUT2D eigenvalue weighted by molar-refractivity contribution is -0.149. The van der Waals surface area contributed by atoms with Gasteiger partial charge >= 0.3 is 5.97 Å². The molecule has 0 aliphatic heterocycles. The molecule has 0 saturated carbocycles. The van der Waals surface area contributed by atoms with E-state index in [0.29, 0.717) is 40.2 Å². The first-order valence-electron chi connectivity index (χ1n) is 11.4. The molecule has 1 unspecified atom stereocenters. The maximum atomic E-state index is 15.1. The van der Waals surface area contributed by atoms with Crippen molar-refractivity contribution in [1.82, 2.24) is 0 Å². The molecule has 6 nitrogen and oxygen atoms in total. The predicted octanol–water partition coefficient (Wildman–Crippen LogP) is 5.40. The topological polar surface area (TPSA) is 83.9 Å². The van der Waals surface area contributed by atoms with Crippen molar-refractivity contribution in [2.24, 2.45) is 5.73 Å².